The molecule has 0 aliphatic carbocycles. The number of hydrogen-bond acceptors (Lipinski definition) is 3. The molecule has 27 heavy (non-hydrogen) atoms. The summed E-state index contributed by atoms with van der Waals surface area (Å²) in [5, 5.41) is 2.89. The van der Waals surface area contributed by atoms with Crippen LogP contribution in [0.1, 0.15) is 36.5 Å². The van der Waals surface area contributed by atoms with E-state index in [2.05, 4.69) is 12.2 Å². The predicted octanol–water partition coefficient (Wildman–Crippen LogP) is 3.54. The van der Waals surface area contributed by atoms with E-state index in [9.17, 15) is 14.0 Å². The highest BCUT2D eigenvalue weighted by Crippen LogP contribution is 2.22. The molecular formula is C21H23FN2O3. The van der Waals surface area contributed by atoms with Crippen molar-refractivity contribution >= 4 is 17.5 Å². The Bertz CT molecular complexity index is 790. The van der Waals surface area contributed by atoms with Crippen LogP contribution in [0.4, 0.5) is 10.1 Å². The molecule has 1 aliphatic heterocycles. The Morgan fingerprint density at radius 2 is 1.89 bits per heavy atom. The first-order chi connectivity index (χ1) is 13.1. The SMILES string of the molecule is CCCCOc1ccc(C(=O)NC2CC(=O)N(c3ccc(F)cc3)C2)cc1. The number of carbonyl (C=O) groups is 2. The monoisotopic (exact) mass is 370 g/mol. The number of nitrogens with one attached hydrogen (secondary N) is 1. The highest BCUT2D eigenvalue weighted by atomic mass is 19.1. The molecular weight excluding hydrogens is 347 g/mol. The van der Waals surface area contributed by atoms with Crippen LogP contribution in [0.15, 0.2) is 48.5 Å². The van der Waals surface area contributed by atoms with Crippen molar-refractivity contribution in [3.8, 4) is 5.75 Å². The second kappa shape index (κ2) is 8.66. The van der Waals surface area contributed by atoms with E-state index < -0.39 is 0 Å². The average Bonchev–Trinajstić information content (AvgIpc) is 3.03. The lowest BCUT2D eigenvalue weighted by atomic mass is 10.2. The third kappa shape index (κ3) is 4.84. The van der Waals surface area contributed by atoms with Gasteiger partial charge in [-0.15, -0.1) is 0 Å². The zero-order chi connectivity index (χ0) is 19.2. The molecule has 0 saturated carbocycles. The number of nitrogens with zero attached hydrogens (tertiary/aromatic N) is 1. The lowest BCUT2D eigenvalue weighted by Gasteiger charge is -2.17. The van der Waals surface area contributed by atoms with Gasteiger partial charge in [-0.05, 0) is 55.0 Å². The molecule has 1 atom stereocenters. The van der Waals surface area contributed by atoms with Gasteiger partial charge in [0.05, 0.1) is 12.6 Å². The van der Waals surface area contributed by atoms with Gasteiger partial charge in [-0.3, -0.25) is 9.59 Å². The van der Waals surface area contributed by atoms with Crippen LogP contribution in [-0.2, 0) is 4.79 Å². The number of ether oxygens (including phenoxy) is 1. The fourth-order valence-corrected chi connectivity index (χ4v) is 2.98. The number of benzene rings is 2. The molecule has 1 saturated heterocycles. The summed E-state index contributed by atoms with van der Waals surface area (Å²) < 4.78 is 18.6. The van der Waals surface area contributed by atoms with Gasteiger partial charge < -0.3 is 15.0 Å². The Balaban J connectivity index is 1.56. The van der Waals surface area contributed by atoms with E-state index in [1.54, 1.807) is 41.3 Å². The van der Waals surface area contributed by atoms with Crippen molar-refractivity contribution < 1.29 is 18.7 Å². The molecule has 5 nitrogen and oxygen atoms in total. The molecule has 3 rings (SSSR count). The van der Waals surface area contributed by atoms with Gasteiger partial charge in [-0.1, -0.05) is 13.3 Å². The van der Waals surface area contributed by atoms with Crippen molar-refractivity contribution in [3.05, 3.63) is 59.9 Å². The standard InChI is InChI=1S/C21H23FN2O3/c1-2-3-12-27-19-10-4-15(5-11-19)21(26)23-17-13-20(25)24(14-17)18-8-6-16(22)7-9-18/h4-11,17H,2-3,12-14H2,1H3,(H,23,26). The van der Waals surface area contributed by atoms with Crippen molar-refractivity contribution in [1.82, 2.24) is 5.32 Å². The predicted molar refractivity (Wildman–Crippen MR) is 101 cm³/mol. The summed E-state index contributed by atoms with van der Waals surface area (Å²) in [5.41, 5.74) is 1.15. The van der Waals surface area contributed by atoms with E-state index >= 15 is 0 Å². The van der Waals surface area contributed by atoms with E-state index in [1.165, 1.54) is 12.1 Å². The summed E-state index contributed by atoms with van der Waals surface area (Å²) in [7, 11) is 0. The van der Waals surface area contributed by atoms with Crippen LogP contribution in [0.3, 0.4) is 0 Å². The van der Waals surface area contributed by atoms with Gasteiger partial charge in [0.2, 0.25) is 5.91 Å². The van der Waals surface area contributed by atoms with E-state index in [4.69, 9.17) is 4.74 Å². The first-order valence-electron chi connectivity index (χ1n) is 9.16. The molecule has 0 radical (unpaired) electrons. The minimum atomic E-state index is -0.350. The number of anilines is 1. The molecule has 1 N–H and O–H groups in total. The maximum absolute atomic E-state index is 13.1. The van der Waals surface area contributed by atoms with Crippen molar-refractivity contribution in [1.29, 1.82) is 0 Å². The van der Waals surface area contributed by atoms with E-state index in [-0.39, 0.29) is 30.1 Å². The normalized spacial score (nSPS) is 16.4. The van der Waals surface area contributed by atoms with Gasteiger partial charge in [-0.25, -0.2) is 4.39 Å². The topological polar surface area (TPSA) is 58.6 Å². The van der Waals surface area contributed by atoms with Crippen LogP contribution in [-0.4, -0.2) is 31.0 Å². The lowest BCUT2D eigenvalue weighted by Crippen LogP contribution is -2.37. The maximum Gasteiger partial charge on any atom is 0.251 e. The summed E-state index contributed by atoms with van der Waals surface area (Å²) in [5.74, 6) is 0.0661. The fraction of sp³-hybridized carbons (Fsp3) is 0.333. The van der Waals surface area contributed by atoms with Crippen LogP contribution in [0.25, 0.3) is 0 Å². The first-order valence-corrected chi connectivity index (χ1v) is 9.16. The van der Waals surface area contributed by atoms with E-state index in [0.29, 0.717) is 24.4 Å². The van der Waals surface area contributed by atoms with Crippen LogP contribution in [0.2, 0.25) is 0 Å². The third-order valence-electron chi connectivity index (χ3n) is 4.48. The number of halogens is 1. The summed E-state index contributed by atoms with van der Waals surface area (Å²) in [6.07, 6.45) is 2.28. The quantitative estimate of drug-likeness (QED) is 0.759. The molecule has 1 heterocycles. The molecule has 0 aromatic heterocycles. The average molecular weight is 370 g/mol. The molecule has 1 aliphatic rings. The van der Waals surface area contributed by atoms with Crippen molar-refractivity contribution in [2.24, 2.45) is 0 Å². The molecule has 2 aromatic rings. The van der Waals surface area contributed by atoms with Crippen molar-refractivity contribution in [3.63, 3.8) is 0 Å². The van der Waals surface area contributed by atoms with Crippen molar-refractivity contribution in [2.75, 3.05) is 18.1 Å². The number of rotatable bonds is 7. The Hall–Kier alpha value is -2.89. The molecule has 2 amide bonds. The molecule has 1 unspecified atom stereocenters. The Morgan fingerprint density at radius 3 is 2.56 bits per heavy atom. The van der Waals surface area contributed by atoms with Crippen LogP contribution >= 0.6 is 0 Å². The minimum absolute atomic E-state index is 0.0911. The van der Waals surface area contributed by atoms with Crippen molar-refractivity contribution in [2.45, 2.75) is 32.2 Å². The zero-order valence-corrected chi connectivity index (χ0v) is 15.3. The van der Waals surface area contributed by atoms with Gasteiger partial charge in [-0.2, -0.15) is 0 Å². The Kier molecular flexibility index (Phi) is 6.06. The summed E-state index contributed by atoms with van der Waals surface area (Å²) in [4.78, 5) is 26.2. The van der Waals surface area contributed by atoms with Gasteiger partial charge in [0.15, 0.2) is 0 Å². The lowest BCUT2D eigenvalue weighted by molar-refractivity contribution is -0.117. The first kappa shape index (κ1) is 18.9. The van der Waals surface area contributed by atoms with Crippen LogP contribution in [0.5, 0.6) is 5.75 Å². The van der Waals surface area contributed by atoms with Crippen LogP contribution in [0, 0.1) is 5.82 Å². The molecule has 0 bridgehead atoms. The van der Waals surface area contributed by atoms with Gasteiger partial charge in [0, 0.05) is 24.2 Å². The fourth-order valence-electron chi connectivity index (χ4n) is 2.98. The molecule has 2 aromatic carbocycles. The molecule has 0 spiro atoms. The highest BCUT2D eigenvalue weighted by molar-refractivity contribution is 5.99. The van der Waals surface area contributed by atoms with Gasteiger partial charge in [0.1, 0.15) is 11.6 Å². The molecule has 142 valence electrons. The highest BCUT2D eigenvalue weighted by Gasteiger charge is 2.31. The summed E-state index contributed by atoms with van der Waals surface area (Å²) in [6, 6.07) is 12.5. The number of hydrogen-bond donors (Lipinski definition) is 1. The molecule has 1 fully saturated rings. The van der Waals surface area contributed by atoms with E-state index in [0.717, 1.165) is 18.6 Å². The largest absolute Gasteiger partial charge is 0.494 e. The maximum atomic E-state index is 13.1. The summed E-state index contributed by atoms with van der Waals surface area (Å²) >= 11 is 0. The number of amides is 2. The second-order valence-electron chi connectivity index (χ2n) is 6.58. The number of unbranched alkanes of at least 4 members (excludes halogenated alkanes) is 1. The Labute approximate surface area is 158 Å². The van der Waals surface area contributed by atoms with Crippen LogP contribution < -0.4 is 15.0 Å². The zero-order valence-electron chi connectivity index (χ0n) is 15.3. The number of carbonyl (C=O) groups excluding carboxylic acids is 2. The summed E-state index contributed by atoms with van der Waals surface area (Å²) in [6.45, 7) is 3.13. The van der Waals surface area contributed by atoms with E-state index in [1.807, 2.05) is 0 Å². The Morgan fingerprint density at radius 1 is 1.19 bits per heavy atom. The third-order valence-corrected chi connectivity index (χ3v) is 4.48. The minimum Gasteiger partial charge on any atom is -0.494 e. The smallest absolute Gasteiger partial charge is 0.251 e. The van der Waals surface area contributed by atoms with Gasteiger partial charge in [0.25, 0.3) is 5.91 Å². The second-order valence-corrected chi connectivity index (χ2v) is 6.58. The van der Waals surface area contributed by atoms with Gasteiger partial charge >= 0.3 is 0 Å². The molecule has 6 heteroatoms.